The number of nitrogens with two attached hydrogens (primary N) is 1. The Morgan fingerprint density at radius 3 is 2.62 bits per heavy atom. The fraction of sp³-hybridized carbons (Fsp3) is 0.500. The van der Waals surface area contributed by atoms with Crippen LogP contribution in [0.2, 0.25) is 0 Å². The molecule has 0 heterocycles. The minimum absolute atomic E-state index is 0.0926. The Morgan fingerprint density at radius 2 is 2.10 bits per heavy atom. The van der Waals surface area contributed by atoms with Crippen LogP contribution in [-0.2, 0) is 0 Å². The van der Waals surface area contributed by atoms with Crippen LogP contribution in [0.5, 0.6) is 0 Å². The average molecular weight is 295 g/mol. The summed E-state index contributed by atoms with van der Waals surface area (Å²) in [6.45, 7) is 5.61. The minimum atomic E-state index is -0.602. The summed E-state index contributed by atoms with van der Waals surface area (Å²) in [5.74, 6) is -0.355. The number of nitrogens with zero attached hydrogens (tertiary/aromatic N) is 1. The lowest BCUT2D eigenvalue weighted by Gasteiger charge is -2.15. The van der Waals surface area contributed by atoms with Gasteiger partial charge in [-0.15, -0.1) is 0 Å². The second-order valence-corrected chi connectivity index (χ2v) is 5.40. The molecule has 0 fully saturated rings. The van der Waals surface area contributed by atoms with Gasteiger partial charge in [0.1, 0.15) is 5.69 Å². The first-order valence-electron chi connectivity index (χ1n) is 6.73. The summed E-state index contributed by atoms with van der Waals surface area (Å²) in [5, 5.41) is 22.9. The quantitative estimate of drug-likeness (QED) is 0.418. The van der Waals surface area contributed by atoms with Crippen LogP contribution in [0.3, 0.4) is 0 Å². The first-order chi connectivity index (χ1) is 9.72. The number of anilines is 1. The Morgan fingerprint density at radius 1 is 1.48 bits per heavy atom. The number of rotatable bonds is 6. The number of aliphatic hydroxyl groups excluding tert-OH is 1. The molecular weight excluding hydrogens is 274 g/mol. The van der Waals surface area contributed by atoms with Crippen LogP contribution in [0.15, 0.2) is 12.1 Å². The van der Waals surface area contributed by atoms with Crippen molar-refractivity contribution in [3.8, 4) is 0 Å². The highest BCUT2D eigenvalue weighted by atomic mass is 16.6. The molecule has 0 aliphatic carbocycles. The molecule has 0 saturated carbocycles. The van der Waals surface area contributed by atoms with Gasteiger partial charge in [-0.2, -0.15) is 0 Å². The number of hydrogen-bond donors (Lipinski definition) is 3. The Labute approximate surface area is 123 Å². The van der Waals surface area contributed by atoms with Crippen LogP contribution in [0.1, 0.15) is 36.2 Å². The number of nitrogen functional groups attached to an aromatic ring is 1. The molecule has 7 nitrogen and oxygen atoms in total. The highest BCUT2D eigenvalue weighted by Crippen LogP contribution is 2.27. The topological polar surface area (TPSA) is 118 Å². The van der Waals surface area contributed by atoms with Crippen molar-refractivity contribution in [2.45, 2.75) is 33.3 Å². The SMILES string of the molecule is Cc1cc(C(=O)NCC(C)CC(C)O)c(N)c([N+](=O)[O-])c1. The molecule has 1 rings (SSSR count). The van der Waals surface area contributed by atoms with E-state index in [1.165, 1.54) is 12.1 Å². The van der Waals surface area contributed by atoms with Gasteiger partial charge in [0.05, 0.1) is 16.6 Å². The molecule has 0 saturated heterocycles. The zero-order valence-electron chi connectivity index (χ0n) is 12.4. The van der Waals surface area contributed by atoms with Crippen LogP contribution < -0.4 is 11.1 Å². The lowest BCUT2D eigenvalue weighted by atomic mass is 10.0. The molecule has 0 aromatic heterocycles. The van der Waals surface area contributed by atoms with Crippen LogP contribution in [0.25, 0.3) is 0 Å². The summed E-state index contributed by atoms with van der Waals surface area (Å²) < 4.78 is 0. The zero-order chi connectivity index (χ0) is 16.2. The predicted molar refractivity (Wildman–Crippen MR) is 80.0 cm³/mol. The Kier molecular flexibility index (Phi) is 5.66. The summed E-state index contributed by atoms with van der Waals surface area (Å²) in [4.78, 5) is 22.4. The maximum atomic E-state index is 12.1. The third kappa shape index (κ3) is 4.71. The number of carbonyl (C=O) groups excluding carboxylic acids is 1. The second-order valence-electron chi connectivity index (χ2n) is 5.40. The number of nitro groups is 1. The van der Waals surface area contributed by atoms with Gasteiger partial charge in [-0.1, -0.05) is 6.92 Å². The van der Waals surface area contributed by atoms with Crippen molar-refractivity contribution in [2.75, 3.05) is 12.3 Å². The molecule has 1 aromatic rings. The summed E-state index contributed by atoms with van der Waals surface area (Å²) in [7, 11) is 0. The molecule has 4 N–H and O–H groups in total. The average Bonchev–Trinajstić information content (AvgIpc) is 2.37. The number of amides is 1. The van der Waals surface area contributed by atoms with Gasteiger partial charge in [-0.3, -0.25) is 14.9 Å². The van der Waals surface area contributed by atoms with Crippen molar-refractivity contribution in [2.24, 2.45) is 5.92 Å². The smallest absolute Gasteiger partial charge is 0.293 e. The molecule has 0 radical (unpaired) electrons. The molecule has 21 heavy (non-hydrogen) atoms. The van der Waals surface area contributed by atoms with E-state index in [0.717, 1.165) is 0 Å². The van der Waals surface area contributed by atoms with Gasteiger partial charge in [-0.05, 0) is 37.8 Å². The van der Waals surface area contributed by atoms with E-state index in [1.807, 2.05) is 6.92 Å². The molecule has 0 aliphatic rings. The molecular formula is C14H21N3O4. The first-order valence-corrected chi connectivity index (χ1v) is 6.73. The summed E-state index contributed by atoms with van der Waals surface area (Å²) in [6.07, 6.45) is 0.117. The van der Waals surface area contributed by atoms with E-state index >= 15 is 0 Å². The molecule has 2 unspecified atom stereocenters. The van der Waals surface area contributed by atoms with Crippen molar-refractivity contribution >= 4 is 17.3 Å². The number of nitro benzene ring substituents is 1. The zero-order valence-corrected chi connectivity index (χ0v) is 12.4. The number of benzene rings is 1. The van der Waals surface area contributed by atoms with Gasteiger partial charge >= 0.3 is 0 Å². The molecule has 1 amide bonds. The molecule has 7 heteroatoms. The number of carbonyl (C=O) groups is 1. The van der Waals surface area contributed by atoms with Crippen molar-refractivity contribution in [1.29, 1.82) is 0 Å². The normalized spacial score (nSPS) is 13.5. The number of nitrogens with one attached hydrogen (secondary N) is 1. The summed E-state index contributed by atoms with van der Waals surface area (Å²) in [6, 6.07) is 2.86. The molecule has 0 aliphatic heterocycles. The monoisotopic (exact) mass is 295 g/mol. The number of hydrogen-bond acceptors (Lipinski definition) is 5. The third-order valence-electron chi connectivity index (χ3n) is 3.10. The van der Waals surface area contributed by atoms with E-state index in [2.05, 4.69) is 5.32 Å². The van der Waals surface area contributed by atoms with Gasteiger partial charge in [0.15, 0.2) is 0 Å². The van der Waals surface area contributed by atoms with Gasteiger partial charge in [0.2, 0.25) is 0 Å². The van der Waals surface area contributed by atoms with Crippen molar-refractivity contribution in [3.63, 3.8) is 0 Å². The summed E-state index contributed by atoms with van der Waals surface area (Å²) in [5.41, 5.74) is 6.00. The van der Waals surface area contributed by atoms with Gasteiger partial charge in [0.25, 0.3) is 11.6 Å². The van der Waals surface area contributed by atoms with Crippen LogP contribution in [-0.4, -0.2) is 28.6 Å². The van der Waals surface area contributed by atoms with E-state index in [0.29, 0.717) is 18.5 Å². The van der Waals surface area contributed by atoms with Crippen molar-refractivity contribution in [3.05, 3.63) is 33.4 Å². The number of aryl methyl sites for hydroxylation is 1. The van der Waals surface area contributed by atoms with E-state index in [9.17, 15) is 20.0 Å². The second kappa shape index (κ2) is 7.03. The highest BCUT2D eigenvalue weighted by Gasteiger charge is 2.20. The van der Waals surface area contributed by atoms with Gasteiger partial charge in [-0.25, -0.2) is 0 Å². The van der Waals surface area contributed by atoms with Crippen LogP contribution in [0, 0.1) is 23.0 Å². The minimum Gasteiger partial charge on any atom is -0.393 e. The molecule has 1 aromatic carbocycles. The third-order valence-corrected chi connectivity index (χ3v) is 3.10. The van der Waals surface area contributed by atoms with E-state index in [1.54, 1.807) is 13.8 Å². The van der Waals surface area contributed by atoms with Crippen LogP contribution in [0.4, 0.5) is 11.4 Å². The highest BCUT2D eigenvalue weighted by molar-refractivity contribution is 6.01. The molecule has 2 atom stereocenters. The lowest BCUT2D eigenvalue weighted by molar-refractivity contribution is -0.384. The van der Waals surface area contributed by atoms with Crippen molar-refractivity contribution < 1.29 is 14.8 Å². The maximum absolute atomic E-state index is 12.1. The van der Waals surface area contributed by atoms with Gasteiger partial charge in [0, 0.05) is 12.6 Å². The maximum Gasteiger partial charge on any atom is 0.293 e. The first kappa shape index (κ1) is 16.9. The van der Waals surface area contributed by atoms with E-state index in [4.69, 9.17) is 5.73 Å². The largest absolute Gasteiger partial charge is 0.393 e. The Bertz CT molecular complexity index is 543. The van der Waals surface area contributed by atoms with E-state index in [-0.39, 0.29) is 22.9 Å². The van der Waals surface area contributed by atoms with Gasteiger partial charge < -0.3 is 16.2 Å². The van der Waals surface area contributed by atoms with Crippen LogP contribution >= 0.6 is 0 Å². The molecule has 0 spiro atoms. The standard InChI is InChI=1S/C14H21N3O4/c1-8-5-11(13(15)12(6-8)17(20)21)14(19)16-7-9(2)4-10(3)18/h5-6,9-10,18H,4,7,15H2,1-3H3,(H,16,19). The molecule has 0 bridgehead atoms. The number of aliphatic hydroxyl groups is 1. The Hall–Kier alpha value is -2.15. The van der Waals surface area contributed by atoms with Crippen molar-refractivity contribution in [1.82, 2.24) is 5.32 Å². The fourth-order valence-electron chi connectivity index (χ4n) is 2.15. The Balaban J connectivity index is 2.86. The molecule has 116 valence electrons. The lowest BCUT2D eigenvalue weighted by Crippen LogP contribution is -2.30. The van der Waals surface area contributed by atoms with E-state index < -0.39 is 16.9 Å². The summed E-state index contributed by atoms with van der Waals surface area (Å²) >= 11 is 0. The predicted octanol–water partition coefficient (Wildman–Crippen LogP) is 1.62. The fourth-order valence-corrected chi connectivity index (χ4v) is 2.15.